The maximum Gasteiger partial charge on any atom is 0.129 e. The molecule has 1 atom stereocenters. The summed E-state index contributed by atoms with van der Waals surface area (Å²) in [4.78, 5) is 2.44. The third-order valence-electron chi connectivity index (χ3n) is 4.55. The highest BCUT2D eigenvalue weighted by Crippen LogP contribution is 2.39. The molecule has 0 unspecified atom stereocenters. The van der Waals surface area contributed by atoms with Crippen molar-refractivity contribution in [2.24, 2.45) is 5.92 Å². The van der Waals surface area contributed by atoms with Crippen LogP contribution in [0.2, 0.25) is 0 Å². The average molecular weight is 357 g/mol. The molecule has 2 aliphatic heterocycles. The summed E-state index contributed by atoms with van der Waals surface area (Å²) in [5.74, 6) is 0.365. The van der Waals surface area contributed by atoms with Crippen LogP contribution in [-0.2, 0) is 4.74 Å². The number of rotatable bonds is 3. The van der Waals surface area contributed by atoms with Crippen molar-refractivity contribution in [1.29, 1.82) is 0 Å². The molecule has 2 saturated heterocycles. The van der Waals surface area contributed by atoms with Crippen molar-refractivity contribution < 1.29 is 9.13 Å². The van der Waals surface area contributed by atoms with Gasteiger partial charge >= 0.3 is 0 Å². The van der Waals surface area contributed by atoms with Crippen LogP contribution in [0.1, 0.15) is 24.4 Å². The first-order valence-corrected chi connectivity index (χ1v) is 8.53. The van der Waals surface area contributed by atoms with Crippen molar-refractivity contribution in [3.63, 3.8) is 0 Å². The maximum absolute atomic E-state index is 14.5. The SMILES string of the molecule is Fc1cccc(Br)c1[C@H](C1CCOCC1)N1CCNCC1. The van der Waals surface area contributed by atoms with Gasteiger partial charge in [0.1, 0.15) is 5.82 Å². The highest BCUT2D eigenvalue weighted by molar-refractivity contribution is 9.10. The van der Waals surface area contributed by atoms with Gasteiger partial charge < -0.3 is 10.1 Å². The molecular formula is C16H22BrFN2O. The Morgan fingerprint density at radius 2 is 1.95 bits per heavy atom. The second-order valence-corrected chi connectivity index (χ2v) is 6.67. The fourth-order valence-electron chi connectivity index (χ4n) is 3.50. The summed E-state index contributed by atoms with van der Waals surface area (Å²) in [6.07, 6.45) is 2.02. The zero-order valence-corrected chi connectivity index (χ0v) is 13.7. The molecule has 0 saturated carbocycles. The van der Waals surface area contributed by atoms with Crippen molar-refractivity contribution in [1.82, 2.24) is 10.2 Å². The lowest BCUT2D eigenvalue weighted by Crippen LogP contribution is -2.47. The van der Waals surface area contributed by atoms with Gasteiger partial charge in [-0.2, -0.15) is 0 Å². The first-order chi connectivity index (χ1) is 10.3. The fourth-order valence-corrected chi connectivity index (χ4v) is 4.08. The summed E-state index contributed by atoms with van der Waals surface area (Å²) in [5.41, 5.74) is 0.825. The van der Waals surface area contributed by atoms with Gasteiger partial charge in [0, 0.05) is 55.5 Å². The van der Waals surface area contributed by atoms with Crippen molar-refractivity contribution in [3.8, 4) is 0 Å². The second-order valence-electron chi connectivity index (χ2n) is 5.82. The lowest BCUT2D eigenvalue weighted by Gasteiger charge is -2.41. The Bertz CT molecular complexity index is 435. The van der Waals surface area contributed by atoms with Gasteiger partial charge in [0.05, 0.1) is 0 Å². The molecule has 0 spiro atoms. The van der Waals surface area contributed by atoms with Crippen LogP contribution in [0.4, 0.5) is 4.39 Å². The normalized spacial score (nSPS) is 23.1. The summed E-state index contributed by atoms with van der Waals surface area (Å²) in [7, 11) is 0. The van der Waals surface area contributed by atoms with Gasteiger partial charge in [0.25, 0.3) is 0 Å². The Hall–Kier alpha value is -0.490. The molecule has 2 heterocycles. The van der Waals surface area contributed by atoms with Crippen LogP contribution in [0, 0.1) is 11.7 Å². The number of piperazine rings is 1. The highest BCUT2D eigenvalue weighted by Gasteiger charge is 2.34. The van der Waals surface area contributed by atoms with Gasteiger partial charge in [-0.3, -0.25) is 4.90 Å². The molecule has 1 aromatic carbocycles. The van der Waals surface area contributed by atoms with Crippen molar-refractivity contribution in [3.05, 3.63) is 34.1 Å². The largest absolute Gasteiger partial charge is 0.381 e. The molecule has 0 amide bonds. The van der Waals surface area contributed by atoms with Crippen LogP contribution in [0.15, 0.2) is 22.7 Å². The number of nitrogens with zero attached hydrogens (tertiary/aromatic N) is 1. The van der Waals surface area contributed by atoms with E-state index in [9.17, 15) is 4.39 Å². The Morgan fingerprint density at radius 1 is 1.24 bits per heavy atom. The van der Waals surface area contributed by atoms with Crippen LogP contribution in [0.3, 0.4) is 0 Å². The number of benzene rings is 1. The van der Waals surface area contributed by atoms with E-state index in [4.69, 9.17) is 4.74 Å². The number of hydrogen-bond acceptors (Lipinski definition) is 3. The molecule has 3 nitrogen and oxygen atoms in total. The first-order valence-electron chi connectivity index (χ1n) is 7.74. The third-order valence-corrected chi connectivity index (χ3v) is 5.24. The summed E-state index contributed by atoms with van der Waals surface area (Å²) in [5, 5.41) is 3.38. The fraction of sp³-hybridized carbons (Fsp3) is 0.625. The molecule has 2 fully saturated rings. The lowest BCUT2D eigenvalue weighted by atomic mass is 9.85. The standard InChI is InChI=1S/C16H22BrFN2O/c17-13-2-1-3-14(18)15(13)16(12-4-10-21-11-5-12)20-8-6-19-7-9-20/h1-3,12,16,19H,4-11H2/t16-/m0/s1. The molecule has 0 radical (unpaired) electrons. The number of ether oxygens (including phenoxy) is 1. The minimum atomic E-state index is -0.0978. The second kappa shape index (κ2) is 7.18. The molecular weight excluding hydrogens is 335 g/mol. The Morgan fingerprint density at radius 3 is 2.62 bits per heavy atom. The molecule has 1 N–H and O–H groups in total. The molecule has 5 heteroatoms. The zero-order chi connectivity index (χ0) is 14.7. The molecule has 3 rings (SSSR count). The van der Waals surface area contributed by atoms with Crippen LogP contribution in [0.25, 0.3) is 0 Å². The molecule has 116 valence electrons. The Kier molecular flexibility index (Phi) is 5.27. The van der Waals surface area contributed by atoms with Crippen LogP contribution in [0.5, 0.6) is 0 Å². The molecule has 0 bridgehead atoms. The average Bonchev–Trinajstić information content (AvgIpc) is 2.53. The van der Waals surface area contributed by atoms with E-state index in [2.05, 4.69) is 26.1 Å². The van der Waals surface area contributed by atoms with E-state index < -0.39 is 0 Å². The minimum absolute atomic E-state index is 0.0978. The maximum atomic E-state index is 14.5. The van der Waals surface area contributed by atoms with E-state index in [1.807, 2.05) is 6.07 Å². The smallest absolute Gasteiger partial charge is 0.129 e. The van der Waals surface area contributed by atoms with Crippen LogP contribution in [-0.4, -0.2) is 44.3 Å². The molecule has 21 heavy (non-hydrogen) atoms. The van der Waals surface area contributed by atoms with Gasteiger partial charge in [0.15, 0.2) is 0 Å². The highest BCUT2D eigenvalue weighted by atomic mass is 79.9. The zero-order valence-electron chi connectivity index (χ0n) is 12.2. The van der Waals surface area contributed by atoms with Gasteiger partial charge in [-0.15, -0.1) is 0 Å². The quantitative estimate of drug-likeness (QED) is 0.900. The van der Waals surface area contributed by atoms with E-state index in [0.717, 1.165) is 62.3 Å². The van der Waals surface area contributed by atoms with Gasteiger partial charge in [-0.25, -0.2) is 4.39 Å². The topological polar surface area (TPSA) is 24.5 Å². The number of nitrogens with one attached hydrogen (secondary N) is 1. The molecule has 1 aromatic rings. The van der Waals surface area contributed by atoms with E-state index in [-0.39, 0.29) is 11.9 Å². The Balaban J connectivity index is 1.94. The van der Waals surface area contributed by atoms with Crippen molar-refractivity contribution in [2.45, 2.75) is 18.9 Å². The van der Waals surface area contributed by atoms with Gasteiger partial charge in [-0.1, -0.05) is 22.0 Å². The van der Waals surface area contributed by atoms with Crippen molar-refractivity contribution >= 4 is 15.9 Å². The van der Waals surface area contributed by atoms with Crippen LogP contribution >= 0.6 is 15.9 Å². The summed E-state index contributed by atoms with van der Waals surface area (Å²) in [6.45, 7) is 5.49. The minimum Gasteiger partial charge on any atom is -0.381 e. The number of hydrogen-bond donors (Lipinski definition) is 1. The van der Waals surface area contributed by atoms with Gasteiger partial charge in [0.2, 0.25) is 0 Å². The molecule has 0 aromatic heterocycles. The lowest BCUT2D eigenvalue weighted by molar-refractivity contribution is 0.0200. The summed E-state index contributed by atoms with van der Waals surface area (Å²) >= 11 is 3.57. The van der Waals surface area contributed by atoms with E-state index >= 15 is 0 Å². The van der Waals surface area contributed by atoms with E-state index in [0.29, 0.717) is 5.92 Å². The van der Waals surface area contributed by atoms with Crippen molar-refractivity contribution in [2.75, 3.05) is 39.4 Å². The monoisotopic (exact) mass is 356 g/mol. The predicted octanol–water partition coefficient (Wildman–Crippen LogP) is 2.96. The van der Waals surface area contributed by atoms with Crippen LogP contribution < -0.4 is 5.32 Å². The summed E-state index contributed by atoms with van der Waals surface area (Å²) < 4.78 is 20.9. The molecule has 0 aliphatic carbocycles. The molecule has 2 aliphatic rings. The van der Waals surface area contributed by atoms with E-state index in [1.165, 1.54) is 0 Å². The Labute approximate surface area is 134 Å². The first kappa shape index (κ1) is 15.4. The third kappa shape index (κ3) is 3.47. The predicted molar refractivity (Wildman–Crippen MR) is 84.8 cm³/mol. The van der Waals surface area contributed by atoms with E-state index in [1.54, 1.807) is 12.1 Å². The van der Waals surface area contributed by atoms with Gasteiger partial charge in [-0.05, 0) is 30.9 Å². The summed E-state index contributed by atoms with van der Waals surface area (Å²) in [6, 6.07) is 5.44. The number of halogens is 2.